The molecule has 3 rings (SSSR count). The molecule has 7 heteroatoms. The molecule has 0 saturated carbocycles. The Bertz CT molecular complexity index is 972. The van der Waals surface area contributed by atoms with Crippen LogP contribution in [0.15, 0.2) is 91.0 Å². The van der Waals surface area contributed by atoms with Crippen molar-refractivity contribution in [2.75, 3.05) is 66.1 Å². The van der Waals surface area contributed by atoms with Crippen LogP contribution in [-0.4, -0.2) is 74.4 Å². The van der Waals surface area contributed by atoms with Gasteiger partial charge in [0.2, 0.25) is 0 Å². The van der Waals surface area contributed by atoms with Crippen molar-refractivity contribution in [3.63, 3.8) is 0 Å². The zero-order valence-corrected chi connectivity index (χ0v) is 24.7. The molecular weight excluding hydrogens is 508 g/mol. The summed E-state index contributed by atoms with van der Waals surface area (Å²) in [6.45, 7) is 12.1. The average molecular weight is 553 g/mol. The molecule has 0 spiro atoms. The van der Waals surface area contributed by atoms with Crippen LogP contribution < -0.4 is 15.1 Å². The van der Waals surface area contributed by atoms with Crippen LogP contribution in [0.2, 0.25) is 5.04 Å². The van der Waals surface area contributed by atoms with Gasteiger partial charge < -0.3 is 28.1 Å². The van der Waals surface area contributed by atoms with Crippen molar-refractivity contribution < 1.29 is 28.1 Å². The van der Waals surface area contributed by atoms with Gasteiger partial charge in [0.05, 0.1) is 59.5 Å². The van der Waals surface area contributed by atoms with E-state index in [1.54, 1.807) is 0 Å². The van der Waals surface area contributed by atoms with Crippen LogP contribution in [-0.2, 0) is 23.4 Å². The van der Waals surface area contributed by atoms with Crippen LogP contribution >= 0.6 is 0 Å². The number of para-hydroxylation sites is 1. The first-order chi connectivity index (χ1) is 19.0. The van der Waals surface area contributed by atoms with E-state index in [1.807, 2.05) is 30.3 Å². The molecule has 0 unspecified atom stereocenters. The molecule has 3 aromatic rings. The van der Waals surface area contributed by atoms with Gasteiger partial charge in [0.15, 0.2) is 0 Å². The Morgan fingerprint density at radius 1 is 0.462 bits per heavy atom. The lowest BCUT2D eigenvalue weighted by Crippen LogP contribution is -2.66. The van der Waals surface area contributed by atoms with Crippen LogP contribution in [0.1, 0.15) is 20.8 Å². The third-order valence-corrected chi connectivity index (χ3v) is 11.4. The summed E-state index contributed by atoms with van der Waals surface area (Å²) in [7, 11) is -2.51. The molecular formula is C32H44O6Si. The van der Waals surface area contributed by atoms with Gasteiger partial charge in [-0.05, 0) is 27.5 Å². The molecule has 0 aliphatic carbocycles. The lowest BCUT2D eigenvalue weighted by atomic mass is 10.2. The average Bonchev–Trinajstić information content (AvgIpc) is 2.95. The smallest absolute Gasteiger partial charge is 0.261 e. The van der Waals surface area contributed by atoms with E-state index >= 15 is 0 Å². The summed E-state index contributed by atoms with van der Waals surface area (Å²) in [5, 5.41) is 2.51. The molecule has 0 aliphatic heterocycles. The Hall–Kier alpha value is -2.52. The van der Waals surface area contributed by atoms with E-state index in [4.69, 9.17) is 28.1 Å². The summed E-state index contributed by atoms with van der Waals surface area (Å²) >= 11 is 0. The van der Waals surface area contributed by atoms with Gasteiger partial charge in [-0.3, -0.25) is 0 Å². The second kappa shape index (κ2) is 17.2. The molecule has 3 aromatic carbocycles. The molecule has 0 fully saturated rings. The van der Waals surface area contributed by atoms with Crippen molar-refractivity contribution in [2.24, 2.45) is 0 Å². The highest BCUT2D eigenvalue weighted by atomic mass is 28.4. The standard InChI is InChI=1S/C32H44O6Si/c1-32(2,3)39(30-15-9-5-10-16-30,31-17-11-6-12-18-31)38-28-26-36-24-22-34-20-19-33-21-23-35-25-27-37-29-13-7-4-8-14-29/h4-18H,19-28H2,1-3H3. The molecule has 0 atom stereocenters. The number of hydrogen-bond donors (Lipinski definition) is 0. The molecule has 0 radical (unpaired) electrons. The number of hydrogen-bond acceptors (Lipinski definition) is 6. The van der Waals surface area contributed by atoms with E-state index in [-0.39, 0.29) is 5.04 Å². The SMILES string of the molecule is CC(C)(C)[Si](OCCOCCOCCOCCOCCOc1ccccc1)(c1ccccc1)c1ccccc1. The van der Waals surface area contributed by atoms with Crippen LogP contribution in [0.4, 0.5) is 0 Å². The lowest BCUT2D eigenvalue weighted by Gasteiger charge is -2.43. The maximum Gasteiger partial charge on any atom is 0.261 e. The first kappa shape index (κ1) is 31.0. The van der Waals surface area contributed by atoms with Crippen molar-refractivity contribution in [1.29, 1.82) is 0 Å². The van der Waals surface area contributed by atoms with E-state index in [0.29, 0.717) is 66.1 Å². The van der Waals surface area contributed by atoms with Crippen LogP contribution in [0.3, 0.4) is 0 Å². The van der Waals surface area contributed by atoms with E-state index in [0.717, 1.165) is 5.75 Å². The van der Waals surface area contributed by atoms with Gasteiger partial charge in [0.25, 0.3) is 8.32 Å². The fourth-order valence-electron chi connectivity index (χ4n) is 4.51. The summed E-state index contributed by atoms with van der Waals surface area (Å²) in [6.07, 6.45) is 0. The van der Waals surface area contributed by atoms with E-state index < -0.39 is 8.32 Å². The van der Waals surface area contributed by atoms with Crippen molar-refractivity contribution in [2.45, 2.75) is 25.8 Å². The fraction of sp³-hybridized carbons (Fsp3) is 0.438. The van der Waals surface area contributed by atoms with Crippen molar-refractivity contribution in [3.05, 3.63) is 91.0 Å². The van der Waals surface area contributed by atoms with Gasteiger partial charge in [-0.15, -0.1) is 0 Å². The van der Waals surface area contributed by atoms with E-state index in [9.17, 15) is 0 Å². The van der Waals surface area contributed by atoms with Gasteiger partial charge in [0, 0.05) is 0 Å². The Kier molecular flexibility index (Phi) is 13.7. The molecule has 0 aliphatic rings. The van der Waals surface area contributed by atoms with Gasteiger partial charge >= 0.3 is 0 Å². The maximum atomic E-state index is 6.83. The normalized spacial score (nSPS) is 12.0. The zero-order chi connectivity index (χ0) is 27.7. The minimum absolute atomic E-state index is 0.0419. The minimum atomic E-state index is -2.51. The second-order valence-electron chi connectivity index (χ2n) is 10.1. The van der Waals surface area contributed by atoms with Crippen LogP contribution in [0.25, 0.3) is 0 Å². The Morgan fingerprint density at radius 2 is 0.821 bits per heavy atom. The summed E-state index contributed by atoms with van der Waals surface area (Å²) in [5.41, 5.74) is 0. The van der Waals surface area contributed by atoms with Gasteiger partial charge in [-0.25, -0.2) is 0 Å². The monoisotopic (exact) mass is 552 g/mol. The van der Waals surface area contributed by atoms with E-state index in [2.05, 4.69) is 81.4 Å². The molecule has 0 bridgehead atoms. The topological polar surface area (TPSA) is 55.4 Å². The third-order valence-electron chi connectivity index (χ3n) is 6.32. The predicted octanol–water partition coefficient (Wildman–Crippen LogP) is 4.71. The molecule has 0 saturated heterocycles. The first-order valence-corrected chi connectivity index (χ1v) is 15.7. The molecule has 0 N–H and O–H groups in total. The second-order valence-corrected chi connectivity index (χ2v) is 14.4. The third kappa shape index (κ3) is 10.2. The molecule has 0 aromatic heterocycles. The minimum Gasteiger partial charge on any atom is -0.491 e. The Labute approximate surface area is 235 Å². The lowest BCUT2D eigenvalue weighted by molar-refractivity contribution is -0.00726. The summed E-state index contributed by atoms with van der Waals surface area (Å²) in [6, 6.07) is 31.0. The summed E-state index contributed by atoms with van der Waals surface area (Å²) < 4.78 is 34.9. The highest BCUT2D eigenvalue weighted by molar-refractivity contribution is 6.99. The molecule has 0 amide bonds. The Morgan fingerprint density at radius 3 is 1.23 bits per heavy atom. The Balaban J connectivity index is 1.25. The highest BCUT2D eigenvalue weighted by Gasteiger charge is 2.49. The number of benzene rings is 3. The number of ether oxygens (including phenoxy) is 5. The predicted molar refractivity (Wildman–Crippen MR) is 159 cm³/mol. The molecule has 212 valence electrons. The van der Waals surface area contributed by atoms with Gasteiger partial charge in [-0.1, -0.05) is 99.6 Å². The number of rotatable bonds is 19. The van der Waals surface area contributed by atoms with Crippen LogP contribution in [0.5, 0.6) is 5.75 Å². The summed E-state index contributed by atoms with van der Waals surface area (Å²) in [4.78, 5) is 0. The molecule has 0 heterocycles. The van der Waals surface area contributed by atoms with E-state index in [1.165, 1.54) is 10.4 Å². The van der Waals surface area contributed by atoms with Gasteiger partial charge in [0.1, 0.15) is 12.4 Å². The quantitative estimate of drug-likeness (QED) is 0.159. The van der Waals surface area contributed by atoms with Crippen LogP contribution in [0, 0.1) is 0 Å². The molecule has 39 heavy (non-hydrogen) atoms. The largest absolute Gasteiger partial charge is 0.491 e. The first-order valence-electron chi connectivity index (χ1n) is 13.8. The molecule has 6 nitrogen and oxygen atoms in total. The van der Waals surface area contributed by atoms with Crippen molar-refractivity contribution in [3.8, 4) is 5.75 Å². The highest BCUT2D eigenvalue weighted by Crippen LogP contribution is 2.36. The van der Waals surface area contributed by atoms with Gasteiger partial charge in [-0.2, -0.15) is 0 Å². The zero-order valence-electron chi connectivity index (χ0n) is 23.7. The van der Waals surface area contributed by atoms with Crippen molar-refractivity contribution in [1.82, 2.24) is 0 Å². The van der Waals surface area contributed by atoms with Crippen molar-refractivity contribution >= 4 is 18.7 Å². The maximum absolute atomic E-state index is 6.83. The summed E-state index contributed by atoms with van der Waals surface area (Å²) in [5.74, 6) is 0.852. The fourth-order valence-corrected chi connectivity index (χ4v) is 9.06.